The predicted molar refractivity (Wildman–Crippen MR) is 130 cm³/mol. The third-order valence-corrected chi connectivity index (χ3v) is 8.09. The zero-order valence-electron chi connectivity index (χ0n) is 18.8. The number of thiophene rings is 1. The fourth-order valence-electron chi connectivity index (χ4n) is 3.31. The average Bonchev–Trinajstić information content (AvgIpc) is 3.49. The minimum absolute atomic E-state index is 0.129. The van der Waals surface area contributed by atoms with Crippen LogP contribution in [0.2, 0.25) is 0 Å². The fourth-order valence-corrected chi connectivity index (χ4v) is 5.82. The summed E-state index contributed by atoms with van der Waals surface area (Å²) in [5.74, 6) is 1.66. The van der Waals surface area contributed by atoms with Crippen molar-refractivity contribution in [2.75, 3.05) is 18.0 Å². The van der Waals surface area contributed by atoms with Crippen molar-refractivity contribution in [3.05, 3.63) is 65.5 Å². The largest absolute Gasteiger partial charge is 0.494 e. The highest BCUT2D eigenvalue weighted by Crippen LogP contribution is 2.35. The maximum Gasteiger partial charge on any atom is 0.269 e. The Morgan fingerprint density at radius 3 is 2.39 bits per heavy atom. The maximum absolute atomic E-state index is 13.4. The molecule has 2 aromatic heterocycles. The van der Waals surface area contributed by atoms with Gasteiger partial charge in [-0.2, -0.15) is 4.98 Å². The second-order valence-electron chi connectivity index (χ2n) is 7.71. The minimum Gasteiger partial charge on any atom is -0.494 e. The van der Waals surface area contributed by atoms with Crippen molar-refractivity contribution < 1.29 is 17.7 Å². The van der Waals surface area contributed by atoms with Gasteiger partial charge in [-0.1, -0.05) is 31.1 Å². The van der Waals surface area contributed by atoms with Gasteiger partial charge in [0, 0.05) is 12.6 Å². The first kappa shape index (κ1) is 23.0. The quantitative estimate of drug-likeness (QED) is 0.314. The summed E-state index contributed by atoms with van der Waals surface area (Å²) >= 11 is 1.24. The number of anilines is 1. The fraction of sp³-hybridized carbons (Fsp3) is 0.250. The van der Waals surface area contributed by atoms with Crippen molar-refractivity contribution >= 4 is 27.0 Å². The number of hydrogen-bond acceptors (Lipinski definition) is 7. The molecular weight excluding hydrogens is 458 g/mol. The van der Waals surface area contributed by atoms with Gasteiger partial charge in [0.1, 0.15) is 15.5 Å². The van der Waals surface area contributed by atoms with Crippen LogP contribution < -0.4 is 9.04 Å². The van der Waals surface area contributed by atoms with E-state index in [0.29, 0.717) is 28.9 Å². The van der Waals surface area contributed by atoms with E-state index in [2.05, 4.69) is 24.0 Å². The molecule has 9 heteroatoms. The predicted octanol–water partition coefficient (Wildman–Crippen LogP) is 5.81. The highest BCUT2D eigenvalue weighted by Gasteiger charge is 2.28. The molecule has 0 unspecified atom stereocenters. The van der Waals surface area contributed by atoms with E-state index in [9.17, 15) is 8.42 Å². The third-order valence-electron chi connectivity index (χ3n) is 5.23. The molecule has 0 fully saturated rings. The number of hydrogen-bond donors (Lipinski definition) is 0. The molecular formula is C24H25N3O4S2. The Morgan fingerprint density at radius 1 is 1.06 bits per heavy atom. The molecule has 2 heterocycles. The van der Waals surface area contributed by atoms with Crippen LogP contribution in [0.15, 0.2) is 69.4 Å². The van der Waals surface area contributed by atoms with Gasteiger partial charge in [0.15, 0.2) is 0 Å². The molecule has 0 aliphatic rings. The van der Waals surface area contributed by atoms with E-state index in [1.807, 2.05) is 55.5 Å². The normalized spacial score (nSPS) is 11.7. The van der Waals surface area contributed by atoms with Crippen molar-refractivity contribution in [1.29, 1.82) is 0 Å². The van der Waals surface area contributed by atoms with Gasteiger partial charge < -0.3 is 9.26 Å². The number of rotatable bonds is 8. The Balaban J connectivity index is 1.62. The van der Waals surface area contributed by atoms with Gasteiger partial charge in [0.2, 0.25) is 5.82 Å². The van der Waals surface area contributed by atoms with Crippen molar-refractivity contribution in [2.45, 2.75) is 31.6 Å². The highest BCUT2D eigenvalue weighted by atomic mass is 32.2. The second-order valence-corrected chi connectivity index (χ2v) is 10.6. The zero-order valence-corrected chi connectivity index (χ0v) is 20.5. The third kappa shape index (κ3) is 4.65. The van der Waals surface area contributed by atoms with E-state index >= 15 is 0 Å². The Morgan fingerprint density at radius 2 is 1.76 bits per heavy atom. The number of sulfonamides is 1. The molecule has 0 amide bonds. The van der Waals surface area contributed by atoms with Gasteiger partial charge in [0.05, 0.1) is 12.3 Å². The van der Waals surface area contributed by atoms with Crippen LogP contribution in [0.25, 0.3) is 22.2 Å². The molecule has 0 aliphatic heterocycles. The Hall–Kier alpha value is -3.17. The topological polar surface area (TPSA) is 85.5 Å². The summed E-state index contributed by atoms with van der Waals surface area (Å²) in [5, 5.41) is 5.75. The molecule has 4 aromatic rings. The van der Waals surface area contributed by atoms with E-state index in [1.54, 1.807) is 18.5 Å². The smallest absolute Gasteiger partial charge is 0.269 e. The van der Waals surface area contributed by atoms with Crippen LogP contribution in [0.4, 0.5) is 5.69 Å². The van der Waals surface area contributed by atoms with E-state index in [0.717, 1.165) is 16.9 Å². The van der Waals surface area contributed by atoms with E-state index in [1.165, 1.54) is 15.6 Å². The highest BCUT2D eigenvalue weighted by molar-refractivity contribution is 7.93. The van der Waals surface area contributed by atoms with Crippen LogP contribution in [-0.2, 0) is 10.0 Å². The molecule has 2 aromatic carbocycles. The molecule has 0 saturated carbocycles. The first-order valence-corrected chi connectivity index (χ1v) is 12.9. The summed E-state index contributed by atoms with van der Waals surface area (Å²) in [6.45, 7) is 6.69. The van der Waals surface area contributed by atoms with E-state index < -0.39 is 10.0 Å². The standard InChI is InChI=1S/C24H25N3O4S2/c1-5-30-20-12-8-18(9-13-20)23-25-24(31-26-23)22-21(14-15-32-22)33(28,29)27(4)19-10-6-17(7-11-19)16(2)3/h6-16H,5H2,1-4H3. The van der Waals surface area contributed by atoms with Gasteiger partial charge in [-0.15, -0.1) is 11.3 Å². The van der Waals surface area contributed by atoms with Crippen LogP contribution in [0.1, 0.15) is 32.3 Å². The summed E-state index contributed by atoms with van der Waals surface area (Å²) in [7, 11) is -2.29. The molecule has 0 aliphatic carbocycles. The van der Waals surface area contributed by atoms with Crippen LogP contribution in [0.3, 0.4) is 0 Å². The number of ether oxygens (including phenoxy) is 1. The van der Waals surface area contributed by atoms with Crippen molar-refractivity contribution in [3.63, 3.8) is 0 Å². The zero-order chi connectivity index (χ0) is 23.6. The number of nitrogens with zero attached hydrogens (tertiary/aromatic N) is 3. The van der Waals surface area contributed by atoms with Crippen LogP contribution in [0.5, 0.6) is 5.75 Å². The van der Waals surface area contributed by atoms with Gasteiger partial charge in [0.25, 0.3) is 15.9 Å². The van der Waals surface area contributed by atoms with Crippen molar-refractivity contribution in [1.82, 2.24) is 10.1 Å². The molecule has 0 N–H and O–H groups in total. The maximum atomic E-state index is 13.4. The molecule has 0 atom stereocenters. The summed E-state index contributed by atoms with van der Waals surface area (Å²) < 4.78 is 39.0. The van der Waals surface area contributed by atoms with E-state index in [4.69, 9.17) is 9.26 Å². The van der Waals surface area contributed by atoms with Crippen molar-refractivity contribution in [3.8, 4) is 27.9 Å². The lowest BCUT2D eigenvalue weighted by atomic mass is 10.0. The van der Waals surface area contributed by atoms with Crippen LogP contribution in [0, 0.1) is 0 Å². The molecule has 0 spiro atoms. The first-order valence-electron chi connectivity index (χ1n) is 10.5. The summed E-state index contributed by atoms with van der Waals surface area (Å²) in [5.41, 5.74) is 2.47. The number of benzene rings is 2. The summed E-state index contributed by atoms with van der Waals surface area (Å²) in [4.78, 5) is 4.98. The summed E-state index contributed by atoms with van der Waals surface area (Å²) in [6, 6.07) is 16.4. The SMILES string of the molecule is CCOc1ccc(-c2noc(-c3sccc3S(=O)(=O)N(C)c3ccc(C(C)C)cc3)n2)cc1. The molecule has 172 valence electrons. The lowest BCUT2D eigenvalue weighted by Gasteiger charge is -2.20. The van der Waals surface area contributed by atoms with Crippen LogP contribution >= 0.6 is 11.3 Å². The first-order chi connectivity index (χ1) is 15.8. The monoisotopic (exact) mass is 483 g/mol. The molecule has 4 rings (SSSR count). The minimum atomic E-state index is -3.83. The van der Waals surface area contributed by atoms with Gasteiger partial charge in [-0.3, -0.25) is 4.31 Å². The summed E-state index contributed by atoms with van der Waals surface area (Å²) in [6.07, 6.45) is 0. The second kappa shape index (κ2) is 9.36. The lowest BCUT2D eigenvalue weighted by molar-refractivity contribution is 0.340. The lowest BCUT2D eigenvalue weighted by Crippen LogP contribution is -2.26. The van der Waals surface area contributed by atoms with Gasteiger partial charge >= 0.3 is 0 Å². The number of aromatic nitrogens is 2. The van der Waals surface area contributed by atoms with Gasteiger partial charge in [-0.25, -0.2) is 8.42 Å². The average molecular weight is 484 g/mol. The van der Waals surface area contributed by atoms with Crippen molar-refractivity contribution in [2.24, 2.45) is 0 Å². The Bertz CT molecular complexity index is 1320. The van der Waals surface area contributed by atoms with E-state index in [-0.39, 0.29) is 10.8 Å². The molecule has 0 bridgehead atoms. The van der Waals surface area contributed by atoms with Crippen LogP contribution in [-0.4, -0.2) is 32.2 Å². The Kier molecular flexibility index (Phi) is 6.53. The molecule has 7 nitrogen and oxygen atoms in total. The molecule has 33 heavy (non-hydrogen) atoms. The molecule has 0 radical (unpaired) electrons. The Labute approximate surface area is 197 Å². The molecule has 0 saturated heterocycles. The van der Waals surface area contributed by atoms with Gasteiger partial charge in [-0.05, 0) is 66.2 Å².